The van der Waals surface area contributed by atoms with Gasteiger partial charge in [0.25, 0.3) is 0 Å². The van der Waals surface area contributed by atoms with Gasteiger partial charge in [-0.25, -0.2) is 4.79 Å². The Morgan fingerprint density at radius 2 is 1.96 bits per heavy atom. The van der Waals surface area contributed by atoms with E-state index in [9.17, 15) is 9.59 Å². The zero-order valence-electron chi connectivity index (χ0n) is 12.4. The second kappa shape index (κ2) is 5.42. The molecule has 1 aromatic heterocycles. The normalized spacial score (nSPS) is 16.1. The SMILES string of the molecule is O=C(O)C1COc2c(cccc2-c2cc(=O)c3ccccc3o2)O1. The van der Waals surface area contributed by atoms with Crippen molar-refractivity contribution in [3.05, 3.63) is 58.8 Å². The summed E-state index contributed by atoms with van der Waals surface area (Å²) in [6, 6.07) is 13.4. The fourth-order valence-corrected chi connectivity index (χ4v) is 2.66. The summed E-state index contributed by atoms with van der Waals surface area (Å²) in [4.78, 5) is 23.3. The number of hydrogen-bond donors (Lipinski definition) is 1. The Morgan fingerprint density at radius 1 is 1.12 bits per heavy atom. The monoisotopic (exact) mass is 324 g/mol. The maximum Gasteiger partial charge on any atom is 0.348 e. The van der Waals surface area contributed by atoms with Crippen LogP contribution >= 0.6 is 0 Å². The maximum absolute atomic E-state index is 12.3. The highest BCUT2D eigenvalue weighted by molar-refractivity contribution is 5.80. The molecule has 6 nitrogen and oxygen atoms in total. The van der Waals surface area contributed by atoms with Crippen LogP contribution in [0.4, 0.5) is 0 Å². The number of carbonyl (C=O) groups is 1. The summed E-state index contributed by atoms with van der Waals surface area (Å²) in [6.45, 7) is -0.114. The molecule has 0 amide bonds. The van der Waals surface area contributed by atoms with E-state index in [0.29, 0.717) is 33.8 Å². The minimum absolute atomic E-state index is 0.114. The third-order valence-electron chi connectivity index (χ3n) is 3.80. The Morgan fingerprint density at radius 3 is 2.79 bits per heavy atom. The second-order valence-electron chi connectivity index (χ2n) is 5.36. The average molecular weight is 324 g/mol. The molecule has 0 bridgehead atoms. The number of hydrogen-bond acceptors (Lipinski definition) is 5. The molecule has 1 atom stereocenters. The van der Waals surface area contributed by atoms with E-state index in [0.717, 1.165) is 0 Å². The number of rotatable bonds is 2. The molecule has 2 aromatic carbocycles. The van der Waals surface area contributed by atoms with Crippen molar-refractivity contribution in [2.45, 2.75) is 6.10 Å². The summed E-state index contributed by atoms with van der Waals surface area (Å²) in [5, 5.41) is 9.53. The maximum atomic E-state index is 12.3. The van der Waals surface area contributed by atoms with E-state index in [-0.39, 0.29) is 12.0 Å². The number of benzene rings is 2. The van der Waals surface area contributed by atoms with Crippen molar-refractivity contribution < 1.29 is 23.8 Å². The van der Waals surface area contributed by atoms with Crippen LogP contribution in [0.1, 0.15) is 0 Å². The van der Waals surface area contributed by atoms with Crippen molar-refractivity contribution in [3.63, 3.8) is 0 Å². The molecular weight excluding hydrogens is 312 g/mol. The topological polar surface area (TPSA) is 86.0 Å². The molecule has 24 heavy (non-hydrogen) atoms. The van der Waals surface area contributed by atoms with Gasteiger partial charge in [-0.15, -0.1) is 0 Å². The number of fused-ring (bicyclic) bond motifs is 2. The van der Waals surface area contributed by atoms with Crippen molar-refractivity contribution >= 4 is 16.9 Å². The van der Waals surface area contributed by atoms with Gasteiger partial charge in [0.2, 0.25) is 6.10 Å². The van der Waals surface area contributed by atoms with Gasteiger partial charge in [0, 0.05) is 6.07 Å². The van der Waals surface area contributed by atoms with Crippen LogP contribution in [-0.4, -0.2) is 23.8 Å². The van der Waals surface area contributed by atoms with Gasteiger partial charge in [0.1, 0.15) is 18.0 Å². The molecule has 1 aliphatic rings. The molecule has 0 saturated heterocycles. The van der Waals surface area contributed by atoms with Gasteiger partial charge in [-0.1, -0.05) is 18.2 Å². The van der Waals surface area contributed by atoms with Crippen molar-refractivity contribution in [2.75, 3.05) is 6.61 Å². The molecule has 0 radical (unpaired) electrons. The van der Waals surface area contributed by atoms with Crippen molar-refractivity contribution in [2.24, 2.45) is 0 Å². The summed E-state index contributed by atoms with van der Waals surface area (Å²) >= 11 is 0. The predicted molar refractivity (Wildman–Crippen MR) is 85.5 cm³/mol. The first kappa shape index (κ1) is 14.3. The largest absolute Gasteiger partial charge is 0.484 e. The third kappa shape index (κ3) is 2.28. The highest BCUT2D eigenvalue weighted by atomic mass is 16.6. The van der Waals surface area contributed by atoms with Crippen molar-refractivity contribution in [3.8, 4) is 22.8 Å². The van der Waals surface area contributed by atoms with E-state index >= 15 is 0 Å². The van der Waals surface area contributed by atoms with E-state index in [1.165, 1.54) is 6.07 Å². The standard InChI is InChI=1S/C18H12O6/c19-12-8-15(23-13-6-2-1-4-10(12)13)11-5-3-7-14-17(11)22-9-16(24-14)18(20)21/h1-8,16H,9H2,(H,20,21). The highest BCUT2D eigenvalue weighted by Gasteiger charge is 2.29. The Labute approximate surface area is 135 Å². The number of aliphatic carboxylic acids is 1. The quantitative estimate of drug-likeness (QED) is 0.780. The minimum atomic E-state index is -1.09. The Bertz CT molecular complexity index is 1000. The van der Waals surface area contributed by atoms with E-state index in [1.54, 1.807) is 42.5 Å². The van der Waals surface area contributed by atoms with E-state index in [4.69, 9.17) is 19.0 Å². The van der Waals surface area contributed by atoms with Gasteiger partial charge in [-0.2, -0.15) is 0 Å². The molecule has 2 heterocycles. The van der Waals surface area contributed by atoms with Gasteiger partial charge in [0.05, 0.1) is 10.9 Å². The van der Waals surface area contributed by atoms with Crippen LogP contribution in [-0.2, 0) is 4.79 Å². The molecule has 1 N–H and O–H groups in total. The van der Waals surface area contributed by atoms with Gasteiger partial charge >= 0.3 is 5.97 Å². The molecule has 1 unspecified atom stereocenters. The number of ether oxygens (including phenoxy) is 2. The van der Waals surface area contributed by atoms with E-state index in [2.05, 4.69) is 0 Å². The first-order chi connectivity index (χ1) is 11.6. The fraction of sp³-hybridized carbons (Fsp3) is 0.111. The summed E-state index contributed by atoms with van der Waals surface area (Å²) < 4.78 is 16.8. The van der Waals surface area contributed by atoms with Crippen LogP contribution < -0.4 is 14.9 Å². The summed E-state index contributed by atoms with van der Waals surface area (Å²) in [5.74, 6) is -0.0772. The molecule has 4 rings (SSSR count). The molecule has 0 fully saturated rings. The lowest BCUT2D eigenvalue weighted by atomic mass is 10.1. The Balaban J connectivity index is 1.85. The van der Waals surface area contributed by atoms with Crippen LogP contribution in [0.15, 0.2) is 57.7 Å². The Hall–Kier alpha value is -3.28. The van der Waals surface area contributed by atoms with Gasteiger partial charge in [-0.05, 0) is 24.3 Å². The number of carboxylic acid groups (broad SMARTS) is 1. The first-order valence-electron chi connectivity index (χ1n) is 7.32. The number of carboxylic acids is 1. The van der Waals surface area contributed by atoms with E-state index in [1.807, 2.05) is 0 Å². The molecule has 3 aromatic rings. The summed E-state index contributed by atoms with van der Waals surface area (Å²) in [7, 11) is 0. The van der Waals surface area contributed by atoms with Gasteiger partial charge in [-0.3, -0.25) is 4.79 Å². The number of para-hydroxylation sites is 2. The second-order valence-corrected chi connectivity index (χ2v) is 5.36. The highest BCUT2D eigenvalue weighted by Crippen LogP contribution is 2.41. The van der Waals surface area contributed by atoms with Crippen LogP contribution in [0.3, 0.4) is 0 Å². The lowest BCUT2D eigenvalue weighted by Gasteiger charge is -2.25. The first-order valence-corrected chi connectivity index (χ1v) is 7.32. The predicted octanol–water partition coefficient (Wildman–Crippen LogP) is 2.68. The molecule has 120 valence electrons. The smallest absolute Gasteiger partial charge is 0.348 e. The lowest BCUT2D eigenvalue weighted by Crippen LogP contribution is -2.36. The van der Waals surface area contributed by atoms with Crippen LogP contribution in [0.25, 0.3) is 22.3 Å². The van der Waals surface area contributed by atoms with Crippen LogP contribution in [0.2, 0.25) is 0 Å². The lowest BCUT2D eigenvalue weighted by molar-refractivity contribution is -0.147. The molecule has 1 aliphatic heterocycles. The molecular formula is C18H12O6. The third-order valence-corrected chi connectivity index (χ3v) is 3.80. The zero-order valence-corrected chi connectivity index (χ0v) is 12.4. The summed E-state index contributed by atoms with van der Waals surface area (Å²) in [6.07, 6.45) is -1.06. The Kier molecular flexibility index (Phi) is 3.23. The molecule has 0 aliphatic carbocycles. The fourth-order valence-electron chi connectivity index (χ4n) is 2.66. The summed E-state index contributed by atoms with van der Waals surface area (Å²) in [5.41, 5.74) is 0.849. The average Bonchev–Trinajstić information content (AvgIpc) is 2.60. The molecule has 0 saturated carbocycles. The minimum Gasteiger partial charge on any atom is -0.484 e. The van der Waals surface area contributed by atoms with Crippen LogP contribution in [0.5, 0.6) is 11.5 Å². The molecule has 0 spiro atoms. The van der Waals surface area contributed by atoms with E-state index < -0.39 is 12.1 Å². The van der Waals surface area contributed by atoms with Gasteiger partial charge < -0.3 is 19.0 Å². The molecule has 6 heteroatoms. The van der Waals surface area contributed by atoms with Crippen molar-refractivity contribution in [1.29, 1.82) is 0 Å². The van der Waals surface area contributed by atoms with Gasteiger partial charge in [0.15, 0.2) is 16.9 Å². The van der Waals surface area contributed by atoms with Crippen LogP contribution in [0, 0.1) is 0 Å². The zero-order chi connectivity index (χ0) is 16.7. The van der Waals surface area contributed by atoms with Crippen molar-refractivity contribution in [1.82, 2.24) is 0 Å².